The van der Waals surface area contributed by atoms with Gasteiger partial charge in [0.15, 0.2) is 0 Å². The lowest BCUT2D eigenvalue weighted by Crippen LogP contribution is -2.28. The zero-order valence-corrected chi connectivity index (χ0v) is 14.3. The fourth-order valence-corrected chi connectivity index (χ4v) is 5.18. The van der Waals surface area contributed by atoms with Crippen LogP contribution in [-0.2, 0) is 0 Å². The van der Waals surface area contributed by atoms with Gasteiger partial charge in [0.05, 0.1) is 19.1 Å². The van der Waals surface area contributed by atoms with E-state index in [4.69, 9.17) is 5.84 Å². The number of nitrogens with one attached hydrogen (secondary N) is 1. The van der Waals surface area contributed by atoms with Gasteiger partial charge in [0.1, 0.15) is 0 Å². The van der Waals surface area contributed by atoms with Crippen LogP contribution in [0.4, 0.5) is 0 Å². The number of hydrazine groups is 1. The molecule has 20 heavy (non-hydrogen) atoms. The molecule has 0 aliphatic heterocycles. The summed E-state index contributed by atoms with van der Waals surface area (Å²) in [4.78, 5) is 4.39. The van der Waals surface area contributed by atoms with E-state index in [1.54, 1.807) is 17.5 Å². The summed E-state index contributed by atoms with van der Waals surface area (Å²) in [5, 5.41) is 1.10. The molecule has 0 amide bonds. The molecule has 0 saturated heterocycles. The Morgan fingerprint density at radius 3 is 2.70 bits per heavy atom. The van der Waals surface area contributed by atoms with Crippen molar-refractivity contribution in [1.82, 2.24) is 10.4 Å². The van der Waals surface area contributed by atoms with Gasteiger partial charge in [-0.05, 0) is 55.6 Å². The minimum absolute atomic E-state index is 0.0835. The van der Waals surface area contributed by atoms with Gasteiger partial charge in [-0.2, -0.15) is 0 Å². The minimum atomic E-state index is -0.0835. The number of nitrogens with two attached hydrogens (primary N) is 1. The van der Waals surface area contributed by atoms with Crippen LogP contribution in [0.3, 0.4) is 0 Å². The minimum Gasteiger partial charge on any atom is -0.271 e. The molecular formula is C14H11Br2N3S. The number of pyridine rings is 1. The molecule has 0 saturated carbocycles. The van der Waals surface area contributed by atoms with E-state index in [9.17, 15) is 0 Å². The first-order chi connectivity index (χ1) is 9.70. The van der Waals surface area contributed by atoms with Gasteiger partial charge < -0.3 is 0 Å². The van der Waals surface area contributed by atoms with E-state index >= 15 is 0 Å². The van der Waals surface area contributed by atoms with Gasteiger partial charge in [-0.15, -0.1) is 11.3 Å². The number of benzene rings is 1. The highest BCUT2D eigenvalue weighted by atomic mass is 79.9. The molecule has 1 unspecified atom stereocenters. The maximum absolute atomic E-state index is 5.80. The Hall–Kier alpha value is -0.790. The molecule has 6 heteroatoms. The molecule has 3 nitrogen and oxygen atoms in total. The quantitative estimate of drug-likeness (QED) is 0.495. The molecule has 1 aromatic carbocycles. The smallest absolute Gasteiger partial charge is 0.0762 e. The van der Waals surface area contributed by atoms with Crippen LogP contribution in [0.1, 0.15) is 17.2 Å². The number of halogens is 2. The van der Waals surface area contributed by atoms with E-state index in [2.05, 4.69) is 60.5 Å². The molecule has 2 aromatic heterocycles. The van der Waals surface area contributed by atoms with E-state index in [0.29, 0.717) is 0 Å². The zero-order valence-electron chi connectivity index (χ0n) is 10.3. The Morgan fingerprint density at radius 1 is 1.15 bits per heavy atom. The highest BCUT2D eigenvalue weighted by molar-refractivity contribution is 9.12. The Labute approximate surface area is 137 Å². The van der Waals surface area contributed by atoms with Crippen molar-refractivity contribution in [1.29, 1.82) is 0 Å². The summed E-state index contributed by atoms with van der Waals surface area (Å²) in [5.41, 5.74) is 6.10. The molecule has 3 rings (SSSR count). The molecule has 2 heterocycles. The van der Waals surface area contributed by atoms with E-state index in [-0.39, 0.29) is 6.04 Å². The van der Waals surface area contributed by atoms with Crippen LogP contribution in [0.25, 0.3) is 10.9 Å². The molecule has 0 aliphatic rings. The second-order valence-electron chi connectivity index (χ2n) is 4.30. The van der Waals surface area contributed by atoms with Gasteiger partial charge in [0.25, 0.3) is 0 Å². The van der Waals surface area contributed by atoms with Crippen molar-refractivity contribution >= 4 is 54.1 Å². The average molecular weight is 413 g/mol. The predicted octanol–water partition coefficient (Wildman–Crippen LogP) is 4.37. The first-order valence-corrected chi connectivity index (χ1v) is 8.35. The lowest BCUT2D eigenvalue weighted by Gasteiger charge is -2.18. The second kappa shape index (κ2) is 5.91. The first kappa shape index (κ1) is 14.2. The summed E-state index contributed by atoms with van der Waals surface area (Å²) in [5.74, 6) is 5.80. The molecule has 0 fully saturated rings. The number of aromatic nitrogens is 1. The number of thiophene rings is 1. The Kier molecular flexibility index (Phi) is 4.18. The van der Waals surface area contributed by atoms with Crippen molar-refractivity contribution in [3.63, 3.8) is 0 Å². The number of rotatable bonds is 3. The lowest BCUT2D eigenvalue weighted by molar-refractivity contribution is 0.641. The monoisotopic (exact) mass is 411 g/mol. The van der Waals surface area contributed by atoms with Gasteiger partial charge in [0.2, 0.25) is 0 Å². The SMILES string of the molecule is NNC(c1cc(Br)sc1Br)c1cccc2ncccc12. The zero-order chi connectivity index (χ0) is 14.1. The van der Waals surface area contributed by atoms with Gasteiger partial charge in [-0.1, -0.05) is 18.2 Å². The van der Waals surface area contributed by atoms with Gasteiger partial charge in [-0.3, -0.25) is 10.8 Å². The molecule has 0 aliphatic carbocycles. The van der Waals surface area contributed by atoms with Gasteiger partial charge >= 0.3 is 0 Å². The van der Waals surface area contributed by atoms with Crippen molar-refractivity contribution in [2.45, 2.75) is 6.04 Å². The third-order valence-corrected chi connectivity index (χ3v) is 5.54. The fraction of sp³-hybridized carbons (Fsp3) is 0.0714. The van der Waals surface area contributed by atoms with E-state index < -0.39 is 0 Å². The van der Waals surface area contributed by atoms with Gasteiger partial charge in [0, 0.05) is 17.1 Å². The van der Waals surface area contributed by atoms with Crippen molar-refractivity contribution in [3.8, 4) is 0 Å². The molecule has 0 spiro atoms. The molecule has 102 valence electrons. The second-order valence-corrected chi connectivity index (χ2v) is 8.05. The molecule has 0 radical (unpaired) electrons. The number of hydrogen-bond acceptors (Lipinski definition) is 4. The van der Waals surface area contributed by atoms with Crippen molar-refractivity contribution in [2.24, 2.45) is 5.84 Å². The van der Waals surface area contributed by atoms with Crippen molar-refractivity contribution in [2.75, 3.05) is 0 Å². The van der Waals surface area contributed by atoms with Crippen molar-refractivity contribution < 1.29 is 0 Å². The highest BCUT2D eigenvalue weighted by Gasteiger charge is 2.20. The topological polar surface area (TPSA) is 50.9 Å². The maximum atomic E-state index is 5.80. The molecule has 0 bridgehead atoms. The van der Waals surface area contributed by atoms with Crippen LogP contribution in [0.5, 0.6) is 0 Å². The van der Waals surface area contributed by atoms with Crippen LogP contribution in [0.15, 0.2) is 50.2 Å². The lowest BCUT2D eigenvalue weighted by atomic mass is 9.97. The van der Waals surface area contributed by atoms with Crippen LogP contribution < -0.4 is 11.3 Å². The Morgan fingerprint density at radius 2 is 2.00 bits per heavy atom. The summed E-state index contributed by atoms with van der Waals surface area (Å²) in [6.45, 7) is 0. The largest absolute Gasteiger partial charge is 0.271 e. The third-order valence-electron chi connectivity index (χ3n) is 3.15. The first-order valence-electron chi connectivity index (χ1n) is 5.95. The Bertz CT molecular complexity index is 752. The summed E-state index contributed by atoms with van der Waals surface area (Å²) in [7, 11) is 0. The van der Waals surface area contributed by atoms with E-state index in [0.717, 1.165) is 29.6 Å². The summed E-state index contributed by atoms with van der Waals surface area (Å²) in [6.07, 6.45) is 1.80. The number of hydrogen-bond donors (Lipinski definition) is 2. The maximum Gasteiger partial charge on any atom is 0.0762 e. The molecule has 1 atom stereocenters. The predicted molar refractivity (Wildman–Crippen MR) is 90.6 cm³/mol. The molecular weight excluding hydrogens is 402 g/mol. The molecule has 3 N–H and O–H groups in total. The summed E-state index contributed by atoms with van der Waals surface area (Å²) < 4.78 is 2.13. The van der Waals surface area contributed by atoms with E-state index in [1.807, 2.05) is 18.2 Å². The summed E-state index contributed by atoms with van der Waals surface area (Å²) >= 11 is 8.74. The van der Waals surface area contributed by atoms with Crippen LogP contribution in [-0.4, -0.2) is 4.98 Å². The number of fused-ring (bicyclic) bond motifs is 1. The van der Waals surface area contributed by atoms with Crippen LogP contribution >= 0.6 is 43.2 Å². The summed E-state index contributed by atoms with van der Waals surface area (Å²) in [6, 6.07) is 12.1. The fourth-order valence-electron chi connectivity index (χ4n) is 2.28. The standard InChI is InChI=1S/C14H11Br2N3S/c15-12-7-10(14(16)20-12)13(19-17)9-3-1-5-11-8(9)4-2-6-18-11/h1-7,13,19H,17H2. The normalized spacial score (nSPS) is 12.8. The van der Waals surface area contributed by atoms with E-state index in [1.165, 1.54) is 0 Å². The van der Waals surface area contributed by atoms with Crippen molar-refractivity contribution in [3.05, 3.63) is 61.3 Å². The number of nitrogens with zero attached hydrogens (tertiary/aromatic N) is 1. The third kappa shape index (κ3) is 2.54. The average Bonchev–Trinajstić information content (AvgIpc) is 2.79. The Balaban J connectivity index is 2.19. The molecule has 3 aromatic rings. The van der Waals surface area contributed by atoms with Crippen LogP contribution in [0.2, 0.25) is 0 Å². The highest BCUT2D eigenvalue weighted by Crippen LogP contribution is 2.38. The van der Waals surface area contributed by atoms with Gasteiger partial charge in [-0.25, -0.2) is 5.43 Å². The van der Waals surface area contributed by atoms with Crippen LogP contribution in [0, 0.1) is 0 Å².